The molecule has 1 aromatic rings. The van der Waals surface area contributed by atoms with Crippen LogP contribution >= 0.6 is 0 Å². The van der Waals surface area contributed by atoms with E-state index in [2.05, 4.69) is 5.28 Å². The van der Waals surface area contributed by atoms with Gasteiger partial charge in [0.2, 0.25) is 5.28 Å². The van der Waals surface area contributed by atoms with Gasteiger partial charge in [-0.2, -0.15) is 0 Å². The Bertz CT molecular complexity index is 284. The first-order valence-electron chi connectivity index (χ1n) is 3.13. The first-order chi connectivity index (χ1) is 5.25. The highest BCUT2D eigenvalue weighted by Crippen LogP contribution is 2.15. The summed E-state index contributed by atoms with van der Waals surface area (Å²) in [4.78, 5) is 0.176. The summed E-state index contributed by atoms with van der Waals surface area (Å²) in [5, 5.41) is 21.4. The van der Waals surface area contributed by atoms with Crippen LogP contribution in [-0.4, -0.2) is 10.1 Å². The van der Waals surface area contributed by atoms with E-state index in [0.29, 0.717) is 5.69 Å². The summed E-state index contributed by atoms with van der Waals surface area (Å²) >= 11 is 0. The molecule has 4 nitrogen and oxygen atoms in total. The Labute approximate surface area is 63.9 Å². The molecule has 0 aliphatic rings. The molecule has 0 aromatic heterocycles. The van der Waals surface area contributed by atoms with Gasteiger partial charge in [-0.05, 0) is 11.8 Å². The van der Waals surface area contributed by atoms with Crippen molar-refractivity contribution in [3.05, 3.63) is 35.0 Å². The number of hydrogen-bond acceptors (Lipinski definition) is 2. The van der Waals surface area contributed by atoms with Gasteiger partial charge in [-0.1, -0.05) is 18.2 Å². The summed E-state index contributed by atoms with van der Waals surface area (Å²) in [6.07, 6.45) is 0. The molecule has 4 heteroatoms. The van der Waals surface area contributed by atoms with E-state index in [9.17, 15) is 5.21 Å². The van der Waals surface area contributed by atoms with Crippen LogP contribution in [0.2, 0.25) is 0 Å². The Morgan fingerprint density at radius 1 is 1.45 bits per heavy atom. The summed E-state index contributed by atoms with van der Waals surface area (Å²) < 4.78 is 0. The van der Waals surface area contributed by atoms with Crippen molar-refractivity contribution in [3.63, 3.8) is 0 Å². The number of rotatable bonds is 1. The maximum atomic E-state index is 10.7. The zero-order valence-electron chi connectivity index (χ0n) is 6.06. The van der Waals surface area contributed by atoms with E-state index >= 15 is 0 Å². The van der Waals surface area contributed by atoms with Crippen molar-refractivity contribution in [3.8, 4) is 0 Å². The van der Waals surface area contributed by atoms with Crippen LogP contribution in [0.5, 0.6) is 0 Å². The third kappa shape index (κ3) is 1.46. The molecule has 0 radical (unpaired) electrons. The molecule has 58 valence electrons. The smallest absolute Gasteiger partial charge is 0.251 e. The molecule has 0 bridgehead atoms. The van der Waals surface area contributed by atoms with Crippen molar-refractivity contribution in [1.82, 2.24) is 0 Å². The lowest BCUT2D eigenvalue weighted by Crippen LogP contribution is -1.92. The van der Waals surface area contributed by atoms with Gasteiger partial charge >= 0.3 is 0 Å². The predicted molar refractivity (Wildman–Crippen MR) is 38.7 cm³/mol. The molecular formula is C7H8N2O2. The summed E-state index contributed by atoms with van der Waals surface area (Å²) in [7, 11) is 0. The Kier molecular flexibility index (Phi) is 2.06. The number of hydrogen-bond donors (Lipinski definition) is 1. The largest absolute Gasteiger partial charge is 0.592 e. The highest BCUT2D eigenvalue weighted by atomic mass is 16.6. The predicted octanol–water partition coefficient (Wildman–Crippen LogP) is 1.98. The SMILES string of the molecule is Cc1ccccc1[N+]([O-])=NO. The van der Waals surface area contributed by atoms with Crippen LogP contribution in [0.1, 0.15) is 5.56 Å². The maximum absolute atomic E-state index is 10.7. The summed E-state index contributed by atoms with van der Waals surface area (Å²) in [5.74, 6) is 0. The van der Waals surface area contributed by atoms with Gasteiger partial charge in [0.25, 0.3) is 5.69 Å². The third-order valence-corrected chi connectivity index (χ3v) is 1.40. The molecule has 0 heterocycles. The van der Waals surface area contributed by atoms with Crippen LogP contribution in [0, 0.1) is 12.1 Å². The Balaban J connectivity index is 3.14. The van der Waals surface area contributed by atoms with E-state index in [4.69, 9.17) is 5.21 Å². The zero-order valence-corrected chi connectivity index (χ0v) is 6.06. The van der Waals surface area contributed by atoms with Crippen molar-refractivity contribution < 1.29 is 10.1 Å². The minimum Gasteiger partial charge on any atom is -0.592 e. The molecule has 1 rings (SSSR count). The van der Waals surface area contributed by atoms with Gasteiger partial charge in [0.15, 0.2) is 0 Å². The molecule has 0 unspecified atom stereocenters. The molecule has 0 fully saturated rings. The average molecular weight is 152 g/mol. The molecule has 0 aliphatic heterocycles. The molecule has 0 aliphatic carbocycles. The minimum atomic E-state index is 0.176. The minimum absolute atomic E-state index is 0.176. The number of aryl methyl sites for hydroxylation is 1. The van der Waals surface area contributed by atoms with Crippen LogP contribution in [0.3, 0.4) is 0 Å². The third-order valence-electron chi connectivity index (χ3n) is 1.40. The van der Waals surface area contributed by atoms with Gasteiger partial charge in [-0.3, -0.25) is 0 Å². The molecule has 1 N–H and O–H groups in total. The maximum Gasteiger partial charge on any atom is 0.251 e. The first-order valence-corrected chi connectivity index (χ1v) is 3.13. The van der Waals surface area contributed by atoms with Crippen molar-refractivity contribution in [2.24, 2.45) is 5.28 Å². The fourth-order valence-corrected chi connectivity index (χ4v) is 0.826. The van der Waals surface area contributed by atoms with Gasteiger partial charge in [-0.15, -0.1) is 0 Å². The second kappa shape index (κ2) is 3.01. The van der Waals surface area contributed by atoms with E-state index in [1.54, 1.807) is 25.1 Å². The molecule has 0 atom stereocenters. The molecule has 0 spiro atoms. The zero-order chi connectivity index (χ0) is 8.27. The standard InChI is InChI=1S/C7H8N2O2/c1-6-4-2-3-5-7(6)9(11)8-10/h2-5,10H,1H3. The van der Waals surface area contributed by atoms with Gasteiger partial charge < -0.3 is 10.4 Å². The number of benzene rings is 1. The second-order valence-electron chi connectivity index (χ2n) is 2.15. The van der Waals surface area contributed by atoms with Crippen LogP contribution < -0.4 is 0 Å². The summed E-state index contributed by atoms with van der Waals surface area (Å²) in [5.41, 5.74) is 1.13. The van der Waals surface area contributed by atoms with E-state index in [1.165, 1.54) is 0 Å². The van der Waals surface area contributed by atoms with Crippen LogP contribution in [0.4, 0.5) is 5.69 Å². The Morgan fingerprint density at radius 2 is 2.09 bits per heavy atom. The monoisotopic (exact) mass is 152 g/mol. The fourth-order valence-electron chi connectivity index (χ4n) is 0.826. The molecule has 11 heavy (non-hydrogen) atoms. The summed E-state index contributed by atoms with van der Waals surface area (Å²) in [6.45, 7) is 1.77. The highest BCUT2D eigenvalue weighted by molar-refractivity contribution is 5.38. The Morgan fingerprint density at radius 3 is 2.64 bits per heavy atom. The summed E-state index contributed by atoms with van der Waals surface area (Å²) in [6, 6.07) is 6.87. The lowest BCUT2D eigenvalue weighted by atomic mass is 10.2. The quantitative estimate of drug-likeness (QED) is 0.380. The average Bonchev–Trinajstić information content (AvgIpc) is 2.04. The van der Waals surface area contributed by atoms with Gasteiger partial charge in [-0.25, -0.2) is 0 Å². The fraction of sp³-hybridized carbons (Fsp3) is 0.143. The lowest BCUT2D eigenvalue weighted by Gasteiger charge is -1.98. The molecule has 0 amide bonds. The van der Waals surface area contributed by atoms with E-state index in [1.807, 2.05) is 6.07 Å². The topological polar surface area (TPSA) is 58.7 Å². The van der Waals surface area contributed by atoms with Gasteiger partial charge in [0.1, 0.15) is 0 Å². The number of para-hydroxylation sites is 1. The molecule has 0 saturated heterocycles. The van der Waals surface area contributed by atoms with Gasteiger partial charge in [0.05, 0.1) is 0 Å². The van der Waals surface area contributed by atoms with Gasteiger partial charge in [0, 0.05) is 11.6 Å². The highest BCUT2D eigenvalue weighted by Gasteiger charge is 2.05. The Hall–Kier alpha value is -1.58. The molecular weight excluding hydrogens is 144 g/mol. The van der Waals surface area contributed by atoms with E-state index < -0.39 is 0 Å². The van der Waals surface area contributed by atoms with Crippen LogP contribution in [0.25, 0.3) is 0 Å². The normalized spacial score (nSPS) is 11.5. The van der Waals surface area contributed by atoms with Crippen molar-refractivity contribution in [2.75, 3.05) is 0 Å². The van der Waals surface area contributed by atoms with Crippen LogP contribution in [-0.2, 0) is 0 Å². The molecule has 1 aromatic carbocycles. The van der Waals surface area contributed by atoms with Crippen molar-refractivity contribution in [1.29, 1.82) is 0 Å². The molecule has 0 saturated carbocycles. The lowest BCUT2D eigenvalue weighted by molar-refractivity contribution is -0.474. The van der Waals surface area contributed by atoms with E-state index in [-0.39, 0.29) is 4.86 Å². The second-order valence-corrected chi connectivity index (χ2v) is 2.15. The van der Waals surface area contributed by atoms with Crippen molar-refractivity contribution in [2.45, 2.75) is 6.92 Å². The number of nitrogens with zero attached hydrogens (tertiary/aromatic N) is 2. The van der Waals surface area contributed by atoms with E-state index in [0.717, 1.165) is 5.56 Å². The van der Waals surface area contributed by atoms with Crippen molar-refractivity contribution >= 4 is 5.69 Å². The first kappa shape index (κ1) is 7.53. The van der Waals surface area contributed by atoms with Crippen LogP contribution in [0.15, 0.2) is 29.5 Å².